The number of phenols is 1. The molecule has 0 saturated carbocycles. The van der Waals surface area contributed by atoms with Crippen molar-refractivity contribution in [2.24, 2.45) is 5.92 Å². The molecule has 3 unspecified atom stereocenters. The first-order chi connectivity index (χ1) is 13.8. The number of aromatic hydroxyl groups is 1. The van der Waals surface area contributed by atoms with Crippen LogP contribution in [0.2, 0.25) is 0 Å². The van der Waals surface area contributed by atoms with E-state index in [0.717, 1.165) is 42.6 Å². The van der Waals surface area contributed by atoms with E-state index >= 15 is 0 Å². The highest BCUT2D eigenvalue weighted by Gasteiger charge is 2.45. The molecule has 0 fully saturated rings. The van der Waals surface area contributed by atoms with Crippen molar-refractivity contribution in [2.45, 2.75) is 77.2 Å². The minimum absolute atomic E-state index is 0.162. The molecule has 1 N–H and O–H groups in total. The summed E-state index contributed by atoms with van der Waals surface area (Å²) >= 11 is 0. The average molecular weight is 391 g/mol. The van der Waals surface area contributed by atoms with Crippen LogP contribution in [-0.2, 0) is 5.41 Å². The standard InChI is InChI=1S/C27H34O2/c1-6-14-27(5,19-10-8-7-9-11-19)20-16-23(28)25-21-15-18(2)12-13-22(21)26(3,4)29-24(25)17-20/h7-11,15-17,21-22,28H,6,12-14H2,1-5H3. The number of benzene rings is 2. The highest BCUT2D eigenvalue weighted by Crippen LogP contribution is 2.54. The van der Waals surface area contributed by atoms with Gasteiger partial charge in [0.2, 0.25) is 0 Å². The van der Waals surface area contributed by atoms with E-state index in [2.05, 4.69) is 77.1 Å². The van der Waals surface area contributed by atoms with E-state index in [4.69, 9.17) is 4.74 Å². The zero-order valence-electron chi connectivity index (χ0n) is 18.5. The molecule has 4 rings (SSSR count). The molecule has 0 radical (unpaired) electrons. The summed E-state index contributed by atoms with van der Waals surface area (Å²) in [5.41, 5.74) is 4.40. The normalized spacial score (nSPS) is 24.5. The fourth-order valence-electron chi connectivity index (χ4n) is 5.60. The largest absolute Gasteiger partial charge is 0.507 e. The first-order valence-corrected chi connectivity index (χ1v) is 11.1. The fraction of sp³-hybridized carbons (Fsp3) is 0.481. The summed E-state index contributed by atoms with van der Waals surface area (Å²) in [6.07, 6.45) is 6.67. The minimum atomic E-state index is -0.242. The van der Waals surface area contributed by atoms with Crippen molar-refractivity contribution < 1.29 is 9.84 Å². The Morgan fingerprint density at radius 3 is 2.55 bits per heavy atom. The molecule has 29 heavy (non-hydrogen) atoms. The van der Waals surface area contributed by atoms with Gasteiger partial charge in [-0.3, -0.25) is 0 Å². The van der Waals surface area contributed by atoms with Gasteiger partial charge in [0.05, 0.1) is 0 Å². The lowest BCUT2D eigenvalue weighted by molar-refractivity contribution is 0.0106. The third-order valence-electron chi connectivity index (χ3n) is 7.26. The molecule has 1 aliphatic carbocycles. The SMILES string of the molecule is CCCC(C)(c1ccccc1)c1cc(O)c2c(c1)OC(C)(C)C1CCC(C)=CC21. The van der Waals surface area contributed by atoms with Crippen molar-refractivity contribution in [3.05, 3.63) is 70.8 Å². The van der Waals surface area contributed by atoms with Gasteiger partial charge in [-0.2, -0.15) is 0 Å². The van der Waals surface area contributed by atoms with Gasteiger partial charge in [-0.25, -0.2) is 0 Å². The summed E-state index contributed by atoms with van der Waals surface area (Å²) in [5, 5.41) is 11.2. The van der Waals surface area contributed by atoms with Crippen LogP contribution in [0.1, 0.15) is 82.9 Å². The molecule has 2 aliphatic rings. The van der Waals surface area contributed by atoms with Gasteiger partial charge in [-0.1, -0.05) is 62.2 Å². The van der Waals surface area contributed by atoms with Crippen molar-refractivity contribution in [1.82, 2.24) is 0 Å². The van der Waals surface area contributed by atoms with Gasteiger partial charge in [0.15, 0.2) is 0 Å². The fourth-order valence-corrected chi connectivity index (χ4v) is 5.60. The van der Waals surface area contributed by atoms with Crippen LogP contribution in [0, 0.1) is 5.92 Å². The molecular formula is C27H34O2. The first kappa shape index (κ1) is 20.1. The summed E-state index contributed by atoms with van der Waals surface area (Å²) in [4.78, 5) is 0. The maximum atomic E-state index is 11.2. The second-order valence-electron chi connectivity index (χ2n) is 9.74. The monoisotopic (exact) mass is 390 g/mol. The van der Waals surface area contributed by atoms with Crippen molar-refractivity contribution in [1.29, 1.82) is 0 Å². The lowest BCUT2D eigenvalue weighted by Crippen LogP contribution is -2.45. The van der Waals surface area contributed by atoms with Crippen LogP contribution in [0.15, 0.2) is 54.1 Å². The van der Waals surface area contributed by atoms with E-state index in [1.165, 1.54) is 11.1 Å². The smallest absolute Gasteiger partial charge is 0.127 e. The van der Waals surface area contributed by atoms with Crippen molar-refractivity contribution in [3.63, 3.8) is 0 Å². The molecule has 2 aromatic carbocycles. The predicted octanol–water partition coefficient (Wildman–Crippen LogP) is 7.11. The molecule has 3 atom stereocenters. The van der Waals surface area contributed by atoms with Crippen molar-refractivity contribution >= 4 is 0 Å². The topological polar surface area (TPSA) is 29.5 Å². The van der Waals surface area contributed by atoms with E-state index in [1.54, 1.807) is 0 Å². The van der Waals surface area contributed by atoms with Gasteiger partial charge in [0.1, 0.15) is 17.1 Å². The van der Waals surface area contributed by atoms with Gasteiger partial charge in [0, 0.05) is 22.8 Å². The quantitative estimate of drug-likeness (QED) is 0.564. The number of allylic oxidation sites excluding steroid dienone is 2. The molecule has 2 aromatic rings. The second kappa shape index (κ2) is 7.23. The molecule has 0 bridgehead atoms. The average Bonchev–Trinajstić information content (AvgIpc) is 2.67. The molecule has 154 valence electrons. The number of rotatable bonds is 4. The van der Waals surface area contributed by atoms with E-state index in [1.807, 2.05) is 6.07 Å². The molecule has 0 saturated heterocycles. The van der Waals surface area contributed by atoms with Gasteiger partial charge >= 0.3 is 0 Å². The van der Waals surface area contributed by atoms with Crippen LogP contribution in [-0.4, -0.2) is 10.7 Å². The van der Waals surface area contributed by atoms with Gasteiger partial charge in [-0.15, -0.1) is 0 Å². The van der Waals surface area contributed by atoms with Crippen LogP contribution in [0.3, 0.4) is 0 Å². The van der Waals surface area contributed by atoms with Crippen LogP contribution in [0.5, 0.6) is 11.5 Å². The third-order valence-corrected chi connectivity index (χ3v) is 7.26. The molecule has 0 spiro atoms. The van der Waals surface area contributed by atoms with Crippen LogP contribution >= 0.6 is 0 Å². The summed E-state index contributed by atoms with van der Waals surface area (Å²) in [5.74, 6) is 1.86. The molecule has 2 heteroatoms. The minimum Gasteiger partial charge on any atom is -0.507 e. The molecular weight excluding hydrogens is 356 g/mol. The Morgan fingerprint density at radius 2 is 1.86 bits per heavy atom. The second-order valence-corrected chi connectivity index (χ2v) is 9.74. The van der Waals surface area contributed by atoms with E-state index in [-0.39, 0.29) is 16.9 Å². The van der Waals surface area contributed by atoms with Crippen LogP contribution in [0.25, 0.3) is 0 Å². The highest BCUT2D eigenvalue weighted by molar-refractivity contribution is 5.56. The summed E-state index contributed by atoms with van der Waals surface area (Å²) in [7, 11) is 0. The Hall–Kier alpha value is -2.22. The number of phenolic OH excluding ortho intramolecular Hbond substituents is 1. The summed E-state index contributed by atoms with van der Waals surface area (Å²) in [6.45, 7) is 11.1. The van der Waals surface area contributed by atoms with Crippen molar-refractivity contribution in [2.75, 3.05) is 0 Å². The van der Waals surface area contributed by atoms with Gasteiger partial charge < -0.3 is 9.84 Å². The number of ether oxygens (including phenoxy) is 1. The Bertz CT molecular complexity index is 925. The molecule has 2 nitrogen and oxygen atoms in total. The van der Waals surface area contributed by atoms with E-state index < -0.39 is 0 Å². The molecule has 1 aliphatic heterocycles. The zero-order valence-corrected chi connectivity index (χ0v) is 18.5. The summed E-state index contributed by atoms with van der Waals surface area (Å²) < 4.78 is 6.57. The van der Waals surface area contributed by atoms with Crippen LogP contribution < -0.4 is 4.74 Å². The maximum absolute atomic E-state index is 11.2. The Kier molecular flexibility index (Phi) is 5.01. The van der Waals surface area contributed by atoms with Gasteiger partial charge in [0.25, 0.3) is 0 Å². The maximum Gasteiger partial charge on any atom is 0.127 e. The molecule has 0 aromatic heterocycles. The number of hydrogen-bond acceptors (Lipinski definition) is 2. The Balaban J connectivity index is 1.87. The van der Waals surface area contributed by atoms with Crippen LogP contribution in [0.4, 0.5) is 0 Å². The van der Waals surface area contributed by atoms with E-state index in [9.17, 15) is 5.11 Å². The molecule has 1 heterocycles. The third kappa shape index (κ3) is 3.37. The Labute approximate surface area is 175 Å². The predicted molar refractivity (Wildman–Crippen MR) is 120 cm³/mol. The first-order valence-electron chi connectivity index (χ1n) is 11.1. The van der Waals surface area contributed by atoms with E-state index in [0.29, 0.717) is 11.7 Å². The highest BCUT2D eigenvalue weighted by atomic mass is 16.5. The summed E-state index contributed by atoms with van der Waals surface area (Å²) in [6, 6.07) is 14.8. The number of hydrogen-bond donors (Lipinski definition) is 1. The lowest BCUT2D eigenvalue weighted by atomic mass is 9.67. The Morgan fingerprint density at radius 1 is 1.14 bits per heavy atom. The van der Waals surface area contributed by atoms with Gasteiger partial charge in [-0.05, 0) is 63.3 Å². The molecule has 0 amide bonds. The lowest BCUT2D eigenvalue weighted by Gasteiger charge is -2.47. The number of fused-ring (bicyclic) bond motifs is 3. The van der Waals surface area contributed by atoms with Crippen molar-refractivity contribution in [3.8, 4) is 11.5 Å². The zero-order chi connectivity index (χ0) is 20.8.